The lowest BCUT2D eigenvalue weighted by Crippen LogP contribution is -2.61. The van der Waals surface area contributed by atoms with Crippen molar-refractivity contribution in [3.8, 4) is 11.5 Å². The number of hydrogen-bond acceptors (Lipinski definition) is 7. The molecule has 1 aromatic carbocycles. The largest absolute Gasteiger partial charge is 0.486 e. The smallest absolute Gasteiger partial charge is 0.387 e. The van der Waals surface area contributed by atoms with Gasteiger partial charge in [0.1, 0.15) is 17.6 Å². The summed E-state index contributed by atoms with van der Waals surface area (Å²) in [5.74, 6) is -1.75. The van der Waals surface area contributed by atoms with Crippen LogP contribution in [0.15, 0.2) is 30.5 Å². The Balaban J connectivity index is 1.23. The first-order chi connectivity index (χ1) is 15.3. The molecule has 0 atom stereocenters. The molecule has 1 aromatic heterocycles. The number of halogens is 3. The van der Waals surface area contributed by atoms with E-state index in [-0.39, 0.29) is 35.1 Å². The van der Waals surface area contributed by atoms with E-state index in [1.54, 1.807) is 4.90 Å². The lowest BCUT2D eigenvalue weighted by molar-refractivity contribution is -0.131. The minimum absolute atomic E-state index is 0.0995. The number of nitrogens with zero attached hydrogens (tertiary/aromatic N) is 3. The number of anilines is 1. The van der Waals surface area contributed by atoms with Gasteiger partial charge in [-0.2, -0.15) is 8.78 Å². The van der Waals surface area contributed by atoms with Crippen molar-refractivity contribution in [2.75, 3.05) is 18.0 Å². The highest BCUT2D eigenvalue weighted by Gasteiger charge is 2.39. The Hall–Kier alpha value is -3.57. The molecule has 2 amide bonds. The number of carbonyl (C=O) groups is 2. The van der Waals surface area contributed by atoms with Crippen LogP contribution in [0.3, 0.4) is 0 Å². The molecule has 2 aliphatic rings. The van der Waals surface area contributed by atoms with E-state index >= 15 is 0 Å². The fraction of sp³-hybridized carbons (Fsp3) is 0.400. The minimum Gasteiger partial charge on any atom is -0.486 e. The van der Waals surface area contributed by atoms with Gasteiger partial charge in [-0.25, -0.2) is 14.4 Å². The number of aromatic nitrogens is 2. The molecule has 1 saturated carbocycles. The molecule has 2 fully saturated rings. The average Bonchev–Trinajstić information content (AvgIpc) is 2.68. The van der Waals surface area contributed by atoms with E-state index in [1.807, 2.05) is 0 Å². The summed E-state index contributed by atoms with van der Waals surface area (Å²) in [5, 5.41) is 2.92. The summed E-state index contributed by atoms with van der Waals surface area (Å²) in [6.07, 6.45) is 1.78. The molecule has 1 aliphatic carbocycles. The fourth-order valence-corrected chi connectivity index (χ4v) is 3.51. The second kappa shape index (κ2) is 8.89. The number of amides is 2. The summed E-state index contributed by atoms with van der Waals surface area (Å²) in [4.78, 5) is 33.6. The van der Waals surface area contributed by atoms with Gasteiger partial charge in [-0.3, -0.25) is 9.59 Å². The predicted octanol–water partition coefficient (Wildman–Crippen LogP) is 1.48. The van der Waals surface area contributed by atoms with E-state index in [0.29, 0.717) is 31.9 Å². The number of ether oxygens (including phenoxy) is 2. The normalized spacial score (nSPS) is 20.3. The van der Waals surface area contributed by atoms with Crippen LogP contribution >= 0.6 is 0 Å². The maximum Gasteiger partial charge on any atom is 0.387 e. The Labute approximate surface area is 180 Å². The van der Waals surface area contributed by atoms with Crippen molar-refractivity contribution >= 4 is 17.8 Å². The number of carbonyl (C=O) groups excluding carboxylic acids is 2. The van der Waals surface area contributed by atoms with Crippen LogP contribution in [-0.4, -0.2) is 53.6 Å². The molecular weight excluding hydrogens is 431 g/mol. The van der Waals surface area contributed by atoms with Crippen molar-refractivity contribution in [1.82, 2.24) is 15.3 Å². The van der Waals surface area contributed by atoms with Gasteiger partial charge < -0.3 is 25.4 Å². The molecule has 2 heterocycles. The van der Waals surface area contributed by atoms with E-state index in [9.17, 15) is 22.8 Å². The first-order valence-electron chi connectivity index (χ1n) is 9.87. The van der Waals surface area contributed by atoms with E-state index in [4.69, 9.17) is 10.5 Å². The second-order valence-corrected chi connectivity index (χ2v) is 7.59. The van der Waals surface area contributed by atoms with Crippen LogP contribution in [0.2, 0.25) is 0 Å². The van der Waals surface area contributed by atoms with Crippen LogP contribution in [0.5, 0.6) is 11.5 Å². The summed E-state index contributed by atoms with van der Waals surface area (Å²) in [5.41, 5.74) is 5.33. The Morgan fingerprint density at radius 1 is 1.19 bits per heavy atom. The van der Waals surface area contributed by atoms with E-state index in [2.05, 4.69) is 20.0 Å². The fourth-order valence-electron chi connectivity index (χ4n) is 3.51. The molecule has 0 spiro atoms. The van der Waals surface area contributed by atoms with Gasteiger partial charge in [0.15, 0.2) is 11.5 Å². The van der Waals surface area contributed by atoms with Gasteiger partial charge in [0.05, 0.1) is 6.04 Å². The van der Waals surface area contributed by atoms with Crippen molar-refractivity contribution in [2.24, 2.45) is 11.7 Å². The molecule has 12 heteroatoms. The Kier molecular flexibility index (Phi) is 6.01. The first-order valence-corrected chi connectivity index (χ1v) is 9.87. The zero-order chi connectivity index (χ0) is 22.8. The van der Waals surface area contributed by atoms with Crippen molar-refractivity contribution in [3.63, 3.8) is 0 Å². The van der Waals surface area contributed by atoms with Crippen LogP contribution in [0.25, 0.3) is 0 Å². The third-order valence-electron chi connectivity index (χ3n) is 5.29. The first kappa shape index (κ1) is 21.7. The Bertz CT molecular complexity index is 1010. The van der Waals surface area contributed by atoms with Crippen LogP contribution in [0, 0.1) is 11.7 Å². The van der Waals surface area contributed by atoms with Crippen LogP contribution < -0.4 is 25.4 Å². The van der Waals surface area contributed by atoms with Crippen molar-refractivity contribution in [1.29, 1.82) is 0 Å². The molecule has 4 rings (SSSR count). The summed E-state index contributed by atoms with van der Waals surface area (Å²) >= 11 is 0. The highest BCUT2D eigenvalue weighted by Crippen LogP contribution is 2.36. The number of benzene rings is 1. The Morgan fingerprint density at radius 2 is 1.94 bits per heavy atom. The summed E-state index contributed by atoms with van der Waals surface area (Å²) in [7, 11) is 0. The highest BCUT2D eigenvalue weighted by atomic mass is 19.3. The van der Waals surface area contributed by atoms with Gasteiger partial charge in [0, 0.05) is 31.3 Å². The van der Waals surface area contributed by atoms with Gasteiger partial charge in [-0.05, 0) is 31.0 Å². The maximum absolute atomic E-state index is 13.4. The molecular formula is C20H20F3N5O4. The zero-order valence-corrected chi connectivity index (χ0v) is 16.7. The van der Waals surface area contributed by atoms with E-state index < -0.39 is 24.4 Å². The summed E-state index contributed by atoms with van der Waals surface area (Å²) in [6, 6.07) is 4.37. The highest BCUT2D eigenvalue weighted by molar-refractivity contribution is 5.90. The van der Waals surface area contributed by atoms with Gasteiger partial charge in [-0.15, -0.1) is 0 Å². The molecule has 9 nitrogen and oxygen atoms in total. The maximum atomic E-state index is 13.4. The van der Waals surface area contributed by atoms with Crippen LogP contribution in [-0.2, 0) is 4.79 Å². The number of nitrogens with two attached hydrogens (primary N) is 1. The van der Waals surface area contributed by atoms with Crippen molar-refractivity contribution < 1.29 is 32.2 Å². The lowest BCUT2D eigenvalue weighted by Gasteiger charge is -2.41. The molecule has 1 aliphatic heterocycles. The SMILES string of the molecule is NC(=O)c1ccnc(N2CC(NC(=O)C3CC(Oc4cc(F)ccc4OC(F)F)C3)C2)n1. The van der Waals surface area contributed by atoms with Crippen molar-refractivity contribution in [2.45, 2.75) is 31.6 Å². The molecule has 1 saturated heterocycles. The van der Waals surface area contributed by atoms with Crippen LogP contribution in [0.4, 0.5) is 19.1 Å². The zero-order valence-electron chi connectivity index (χ0n) is 16.7. The minimum atomic E-state index is -3.06. The standard InChI is InChI=1S/C20H20F3N5O4/c21-11-1-2-15(32-19(22)23)16(7-11)31-13-5-10(6-13)18(30)26-12-8-28(9-12)20-25-4-3-14(27-20)17(24)29/h1-4,7,10,12-13,19H,5-6,8-9H2,(H2,24,29)(H,26,30). The molecule has 3 N–H and O–H groups in total. The van der Waals surface area contributed by atoms with Crippen LogP contribution in [0.1, 0.15) is 23.3 Å². The topological polar surface area (TPSA) is 120 Å². The third-order valence-corrected chi connectivity index (χ3v) is 5.29. The number of alkyl halides is 2. The van der Waals surface area contributed by atoms with E-state index in [1.165, 1.54) is 12.3 Å². The quantitative estimate of drug-likeness (QED) is 0.624. The monoisotopic (exact) mass is 451 g/mol. The second-order valence-electron chi connectivity index (χ2n) is 7.59. The molecule has 2 aromatic rings. The van der Waals surface area contributed by atoms with Gasteiger partial charge in [0.2, 0.25) is 11.9 Å². The predicted molar refractivity (Wildman–Crippen MR) is 105 cm³/mol. The van der Waals surface area contributed by atoms with Gasteiger partial charge in [-0.1, -0.05) is 0 Å². The van der Waals surface area contributed by atoms with Gasteiger partial charge >= 0.3 is 6.61 Å². The lowest BCUT2D eigenvalue weighted by atomic mass is 9.81. The van der Waals surface area contributed by atoms with Gasteiger partial charge in [0.25, 0.3) is 5.91 Å². The number of primary amides is 1. The third kappa shape index (κ3) is 4.84. The number of nitrogens with one attached hydrogen (secondary N) is 1. The van der Waals surface area contributed by atoms with E-state index in [0.717, 1.165) is 18.2 Å². The summed E-state index contributed by atoms with van der Waals surface area (Å²) in [6.45, 7) is -2.09. The van der Waals surface area contributed by atoms with Crippen molar-refractivity contribution in [3.05, 3.63) is 42.0 Å². The molecule has 0 bridgehead atoms. The number of rotatable bonds is 8. The Morgan fingerprint density at radius 3 is 2.62 bits per heavy atom. The molecule has 0 unspecified atom stereocenters. The number of hydrogen-bond donors (Lipinski definition) is 2. The summed E-state index contributed by atoms with van der Waals surface area (Å²) < 4.78 is 48.3. The molecule has 32 heavy (non-hydrogen) atoms. The molecule has 0 radical (unpaired) electrons. The average molecular weight is 451 g/mol. The molecule has 170 valence electrons.